The van der Waals surface area contributed by atoms with Gasteiger partial charge in [-0.1, -0.05) is 28.1 Å². The van der Waals surface area contributed by atoms with E-state index in [9.17, 15) is 4.79 Å². The van der Waals surface area contributed by atoms with E-state index in [2.05, 4.69) is 53.1 Å². The van der Waals surface area contributed by atoms with Gasteiger partial charge < -0.3 is 5.32 Å². The Bertz CT molecular complexity index is 546. The molecule has 0 aliphatic carbocycles. The summed E-state index contributed by atoms with van der Waals surface area (Å²) in [4.78, 5) is 12.6. The summed E-state index contributed by atoms with van der Waals surface area (Å²) in [6.07, 6.45) is 0. The fourth-order valence-electron chi connectivity index (χ4n) is 1.33. The summed E-state index contributed by atoms with van der Waals surface area (Å²) >= 11 is 11.5. The van der Waals surface area contributed by atoms with Gasteiger partial charge in [0.05, 0.1) is 8.66 Å². The molecule has 0 fully saturated rings. The van der Waals surface area contributed by atoms with E-state index in [1.54, 1.807) is 6.07 Å². The van der Waals surface area contributed by atoms with Crippen LogP contribution in [0.4, 0.5) is 5.69 Å². The largest absolute Gasteiger partial charge is 0.321 e. The second-order valence-electron chi connectivity index (χ2n) is 3.52. The number of carbonyl (C=O) groups excluding carboxylic acids is 1. The third-order valence-corrected chi connectivity index (χ3v) is 6.14. The van der Waals surface area contributed by atoms with Crippen LogP contribution in [0.25, 0.3) is 0 Å². The van der Waals surface area contributed by atoms with Crippen molar-refractivity contribution in [3.05, 3.63) is 49.0 Å². The van der Waals surface area contributed by atoms with Gasteiger partial charge in [-0.3, -0.25) is 4.79 Å². The van der Waals surface area contributed by atoms with Crippen LogP contribution < -0.4 is 5.32 Å². The minimum Gasteiger partial charge on any atom is -0.321 e. The quantitative estimate of drug-likeness (QED) is 0.618. The molecule has 0 unspecified atom stereocenters. The van der Waals surface area contributed by atoms with Crippen LogP contribution >= 0.6 is 59.1 Å². The molecule has 2 nitrogen and oxygen atoms in total. The van der Waals surface area contributed by atoms with Gasteiger partial charge in [0.25, 0.3) is 5.91 Å². The highest BCUT2D eigenvalue weighted by Crippen LogP contribution is 2.32. The van der Waals surface area contributed by atoms with Crippen molar-refractivity contribution in [2.45, 2.75) is 5.33 Å². The summed E-state index contributed by atoms with van der Waals surface area (Å²) in [6, 6.07) is 9.55. The van der Waals surface area contributed by atoms with Crippen molar-refractivity contribution in [2.75, 3.05) is 5.32 Å². The van der Waals surface area contributed by atoms with Crippen LogP contribution in [0.15, 0.2) is 38.6 Å². The SMILES string of the molecule is O=C(Nc1ccc(CBr)cc1)c1cc(Br)c(Br)s1. The van der Waals surface area contributed by atoms with E-state index >= 15 is 0 Å². The van der Waals surface area contributed by atoms with Crippen LogP contribution in [0.3, 0.4) is 0 Å². The molecule has 1 amide bonds. The van der Waals surface area contributed by atoms with Gasteiger partial charge in [0.1, 0.15) is 0 Å². The molecule has 1 heterocycles. The van der Waals surface area contributed by atoms with Gasteiger partial charge in [0, 0.05) is 15.5 Å². The molecule has 0 bridgehead atoms. The maximum absolute atomic E-state index is 12.0. The van der Waals surface area contributed by atoms with E-state index in [4.69, 9.17) is 0 Å². The van der Waals surface area contributed by atoms with E-state index in [1.165, 1.54) is 16.9 Å². The lowest BCUT2D eigenvalue weighted by molar-refractivity contribution is 0.103. The Hall–Kier alpha value is -0.170. The Morgan fingerprint density at radius 1 is 1.22 bits per heavy atom. The Kier molecular flexibility index (Phi) is 5.00. The van der Waals surface area contributed by atoms with Gasteiger partial charge in [-0.05, 0) is 55.6 Å². The molecule has 18 heavy (non-hydrogen) atoms. The zero-order valence-corrected chi connectivity index (χ0v) is 14.6. The van der Waals surface area contributed by atoms with Crippen molar-refractivity contribution in [1.82, 2.24) is 0 Å². The first-order valence-corrected chi connectivity index (χ1v) is 8.53. The number of anilines is 1. The summed E-state index contributed by atoms with van der Waals surface area (Å²) in [5, 5.41) is 3.68. The topological polar surface area (TPSA) is 29.1 Å². The molecule has 0 aliphatic rings. The van der Waals surface area contributed by atoms with Crippen molar-refractivity contribution >= 4 is 70.7 Å². The molecule has 2 aromatic rings. The van der Waals surface area contributed by atoms with Crippen LogP contribution in [0, 0.1) is 0 Å². The van der Waals surface area contributed by atoms with Crippen LogP contribution in [-0.2, 0) is 5.33 Å². The van der Waals surface area contributed by atoms with Crippen LogP contribution in [0.2, 0.25) is 0 Å². The zero-order chi connectivity index (χ0) is 13.1. The molecule has 1 aromatic carbocycles. The number of amides is 1. The van der Waals surface area contributed by atoms with Crippen molar-refractivity contribution in [3.63, 3.8) is 0 Å². The molecule has 0 saturated carbocycles. The second-order valence-corrected chi connectivity index (χ2v) is 7.30. The number of hydrogen-bond acceptors (Lipinski definition) is 2. The lowest BCUT2D eigenvalue weighted by atomic mass is 10.2. The summed E-state index contributed by atoms with van der Waals surface area (Å²) in [5.41, 5.74) is 1.97. The number of nitrogens with one attached hydrogen (secondary N) is 1. The molecular weight excluding hydrogens is 446 g/mol. The summed E-state index contributed by atoms with van der Waals surface area (Å²) in [5.74, 6) is -0.0991. The van der Waals surface area contributed by atoms with Crippen molar-refractivity contribution < 1.29 is 4.79 Å². The Morgan fingerprint density at radius 2 is 1.89 bits per heavy atom. The first-order chi connectivity index (χ1) is 8.60. The number of halogens is 3. The first-order valence-electron chi connectivity index (χ1n) is 5.01. The van der Waals surface area contributed by atoms with E-state index in [1.807, 2.05) is 24.3 Å². The third kappa shape index (κ3) is 3.44. The highest BCUT2D eigenvalue weighted by molar-refractivity contribution is 9.13. The highest BCUT2D eigenvalue weighted by atomic mass is 79.9. The molecule has 0 saturated heterocycles. The normalized spacial score (nSPS) is 10.4. The number of thiophene rings is 1. The molecule has 2 rings (SSSR count). The van der Waals surface area contributed by atoms with Gasteiger partial charge in [-0.15, -0.1) is 11.3 Å². The second kappa shape index (κ2) is 6.32. The van der Waals surface area contributed by atoms with Crippen LogP contribution in [0.5, 0.6) is 0 Å². The van der Waals surface area contributed by atoms with Crippen LogP contribution in [-0.4, -0.2) is 5.91 Å². The summed E-state index contributed by atoms with van der Waals surface area (Å²) in [6.45, 7) is 0. The first kappa shape index (κ1) is 14.2. The molecule has 94 valence electrons. The molecule has 6 heteroatoms. The molecule has 0 spiro atoms. The Labute approximate surface area is 134 Å². The molecule has 1 N–H and O–H groups in total. The lowest BCUT2D eigenvalue weighted by Gasteiger charge is -2.04. The highest BCUT2D eigenvalue weighted by Gasteiger charge is 2.12. The number of rotatable bonds is 3. The molecule has 0 radical (unpaired) electrons. The minimum atomic E-state index is -0.0991. The number of benzene rings is 1. The number of hydrogen-bond donors (Lipinski definition) is 1. The Balaban J connectivity index is 2.10. The predicted molar refractivity (Wildman–Crippen MR) is 86.7 cm³/mol. The average Bonchev–Trinajstić information content (AvgIpc) is 2.71. The molecule has 0 atom stereocenters. The molecule has 1 aromatic heterocycles. The minimum absolute atomic E-state index is 0.0991. The van der Waals surface area contributed by atoms with Gasteiger partial charge in [0.2, 0.25) is 0 Å². The zero-order valence-electron chi connectivity index (χ0n) is 9.04. The van der Waals surface area contributed by atoms with E-state index in [0.29, 0.717) is 4.88 Å². The Morgan fingerprint density at radius 3 is 2.39 bits per heavy atom. The monoisotopic (exact) mass is 451 g/mol. The van der Waals surface area contributed by atoms with Gasteiger partial charge >= 0.3 is 0 Å². The third-order valence-electron chi connectivity index (χ3n) is 2.24. The fraction of sp³-hybridized carbons (Fsp3) is 0.0833. The van der Waals surface area contributed by atoms with Gasteiger partial charge in [-0.2, -0.15) is 0 Å². The van der Waals surface area contributed by atoms with E-state index in [-0.39, 0.29) is 5.91 Å². The number of carbonyl (C=O) groups is 1. The van der Waals surface area contributed by atoms with E-state index in [0.717, 1.165) is 19.3 Å². The van der Waals surface area contributed by atoms with Crippen molar-refractivity contribution in [2.24, 2.45) is 0 Å². The standard InChI is InChI=1S/C12H8Br3NOS/c13-6-7-1-3-8(4-2-7)16-12(17)10-5-9(14)11(15)18-10/h1-5H,6H2,(H,16,17). The van der Waals surface area contributed by atoms with Gasteiger partial charge in [-0.25, -0.2) is 0 Å². The summed E-state index contributed by atoms with van der Waals surface area (Å²) in [7, 11) is 0. The van der Waals surface area contributed by atoms with Crippen LogP contribution in [0.1, 0.15) is 15.2 Å². The summed E-state index contributed by atoms with van der Waals surface area (Å²) < 4.78 is 1.81. The smallest absolute Gasteiger partial charge is 0.265 e. The fourth-order valence-corrected chi connectivity index (χ4v) is 3.63. The van der Waals surface area contributed by atoms with Crippen molar-refractivity contribution in [1.29, 1.82) is 0 Å². The predicted octanol–water partition coefficient (Wildman–Crippen LogP) is 5.42. The maximum Gasteiger partial charge on any atom is 0.265 e. The lowest BCUT2D eigenvalue weighted by Crippen LogP contribution is -2.09. The maximum atomic E-state index is 12.0. The van der Waals surface area contributed by atoms with E-state index < -0.39 is 0 Å². The van der Waals surface area contributed by atoms with Crippen molar-refractivity contribution in [3.8, 4) is 0 Å². The average molecular weight is 454 g/mol. The number of alkyl halides is 1. The van der Waals surface area contributed by atoms with Gasteiger partial charge in [0.15, 0.2) is 0 Å². The molecule has 0 aliphatic heterocycles. The molecular formula is C12H8Br3NOS.